The molecule has 4 heteroatoms. The van der Waals surface area contributed by atoms with Crippen molar-refractivity contribution in [2.75, 3.05) is 12.4 Å². The van der Waals surface area contributed by atoms with Crippen LogP contribution in [0, 0.1) is 6.92 Å². The van der Waals surface area contributed by atoms with Crippen molar-refractivity contribution in [2.45, 2.75) is 13.8 Å². The Morgan fingerprint density at radius 2 is 1.71 bits per heavy atom. The maximum Gasteiger partial charge on any atom is 0.259 e. The van der Waals surface area contributed by atoms with Crippen LogP contribution < -0.4 is 10.1 Å². The quantitative estimate of drug-likeness (QED) is 0.874. The summed E-state index contributed by atoms with van der Waals surface area (Å²) in [4.78, 5) is 23.5. The van der Waals surface area contributed by atoms with E-state index in [1.807, 2.05) is 19.1 Å². The highest BCUT2D eigenvalue weighted by Gasteiger charge is 2.14. The fourth-order valence-corrected chi connectivity index (χ4v) is 2.09. The van der Waals surface area contributed by atoms with Crippen LogP contribution in [0.25, 0.3) is 0 Å². The lowest BCUT2D eigenvalue weighted by atomic mass is 10.1. The van der Waals surface area contributed by atoms with E-state index in [-0.39, 0.29) is 11.7 Å². The zero-order valence-electron chi connectivity index (χ0n) is 12.3. The minimum absolute atomic E-state index is 0.00627. The largest absolute Gasteiger partial charge is 0.496 e. The van der Waals surface area contributed by atoms with Crippen molar-refractivity contribution in [2.24, 2.45) is 0 Å². The molecule has 21 heavy (non-hydrogen) atoms. The van der Waals surface area contributed by atoms with Crippen LogP contribution in [-0.4, -0.2) is 18.8 Å². The minimum atomic E-state index is -0.244. The molecule has 0 saturated heterocycles. The molecule has 0 heterocycles. The molecule has 0 bridgehead atoms. The number of nitrogens with one attached hydrogen (secondary N) is 1. The van der Waals surface area contributed by atoms with E-state index in [4.69, 9.17) is 4.74 Å². The third-order valence-electron chi connectivity index (χ3n) is 3.21. The first-order valence-electron chi connectivity index (χ1n) is 6.59. The molecule has 2 aromatic carbocycles. The number of aryl methyl sites for hydroxylation is 1. The van der Waals surface area contributed by atoms with Crippen molar-refractivity contribution in [1.29, 1.82) is 0 Å². The van der Waals surface area contributed by atoms with Gasteiger partial charge in [0.2, 0.25) is 0 Å². The zero-order chi connectivity index (χ0) is 15.4. The number of methoxy groups -OCH3 is 1. The lowest BCUT2D eigenvalue weighted by Gasteiger charge is -2.11. The van der Waals surface area contributed by atoms with Gasteiger partial charge in [-0.3, -0.25) is 9.59 Å². The molecule has 108 valence electrons. The molecular weight excluding hydrogens is 266 g/mol. The molecule has 0 aliphatic carbocycles. The van der Waals surface area contributed by atoms with Crippen molar-refractivity contribution in [3.8, 4) is 5.75 Å². The highest BCUT2D eigenvalue weighted by molar-refractivity contribution is 6.06. The first kappa shape index (κ1) is 14.8. The number of para-hydroxylation sites is 1. The molecule has 0 spiro atoms. The minimum Gasteiger partial charge on any atom is -0.496 e. The van der Waals surface area contributed by atoms with E-state index in [0.29, 0.717) is 22.6 Å². The molecule has 0 unspecified atom stereocenters. The number of ether oxygens (including phenoxy) is 1. The second-order valence-electron chi connectivity index (χ2n) is 4.74. The van der Waals surface area contributed by atoms with Crippen LogP contribution in [0.2, 0.25) is 0 Å². The molecule has 1 N–H and O–H groups in total. The first-order chi connectivity index (χ1) is 10.0. The highest BCUT2D eigenvalue weighted by Crippen LogP contribution is 2.24. The molecule has 2 aromatic rings. The number of carbonyl (C=O) groups excluding carboxylic acids is 2. The van der Waals surface area contributed by atoms with Gasteiger partial charge in [0.25, 0.3) is 5.91 Å². The molecular formula is C17H17NO3. The molecule has 4 nitrogen and oxygen atoms in total. The van der Waals surface area contributed by atoms with Crippen molar-refractivity contribution < 1.29 is 14.3 Å². The molecule has 0 aliphatic rings. The Balaban J connectivity index is 2.22. The highest BCUT2D eigenvalue weighted by atomic mass is 16.5. The summed E-state index contributed by atoms with van der Waals surface area (Å²) in [5.41, 5.74) is 2.62. The Morgan fingerprint density at radius 1 is 1.05 bits per heavy atom. The number of hydrogen-bond acceptors (Lipinski definition) is 3. The Morgan fingerprint density at radius 3 is 2.29 bits per heavy atom. The molecule has 0 aliphatic heterocycles. The van der Waals surface area contributed by atoms with Crippen molar-refractivity contribution in [3.63, 3.8) is 0 Å². The topological polar surface area (TPSA) is 55.4 Å². The summed E-state index contributed by atoms with van der Waals surface area (Å²) >= 11 is 0. The molecule has 0 aromatic heterocycles. The van der Waals surface area contributed by atoms with Crippen molar-refractivity contribution >= 4 is 17.4 Å². The molecule has 0 radical (unpaired) electrons. The SMILES string of the molecule is COc1c(C)cccc1C(=O)Nc1ccc(C(C)=O)cc1. The number of hydrogen-bond donors (Lipinski definition) is 1. The van der Waals surface area contributed by atoms with Gasteiger partial charge in [-0.2, -0.15) is 0 Å². The van der Waals surface area contributed by atoms with E-state index < -0.39 is 0 Å². The van der Waals surface area contributed by atoms with Crippen molar-refractivity contribution in [1.82, 2.24) is 0 Å². The Labute approximate surface area is 123 Å². The lowest BCUT2D eigenvalue weighted by Crippen LogP contribution is -2.13. The zero-order valence-corrected chi connectivity index (χ0v) is 12.3. The summed E-state index contributed by atoms with van der Waals surface area (Å²) in [7, 11) is 1.54. The second kappa shape index (κ2) is 6.22. The smallest absolute Gasteiger partial charge is 0.259 e. The third kappa shape index (κ3) is 3.28. The standard InChI is InChI=1S/C17H17NO3/c1-11-5-4-6-15(16(11)21-3)17(20)18-14-9-7-13(8-10-14)12(2)19/h4-10H,1-3H3,(H,18,20). The maximum absolute atomic E-state index is 12.3. The van der Waals surface area contributed by atoms with Crippen LogP contribution in [0.3, 0.4) is 0 Å². The van der Waals surface area contributed by atoms with E-state index in [2.05, 4.69) is 5.32 Å². The van der Waals surface area contributed by atoms with E-state index in [9.17, 15) is 9.59 Å². The summed E-state index contributed by atoms with van der Waals surface area (Å²) < 4.78 is 5.28. The summed E-state index contributed by atoms with van der Waals surface area (Å²) in [5.74, 6) is 0.315. The molecule has 2 rings (SSSR count). The van der Waals surface area contributed by atoms with Gasteiger partial charge in [0.05, 0.1) is 12.7 Å². The number of Topliss-reactive ketones (excluding diaryl/α,β-unsaturated/α-hetero) is 1. The van der Waals surface area contributed by atoms with E-state index >= 15 is 0 Å². The van der Waals surface area contributed by atoms with Crippen LogP contribution in [0.4, 0.5) is 5.69 Å². The number of anilines is 1. The third-order valence-corrected chi connectivity index (χ3v) is 3.21. The normalized spacial score (nSPS) is 10.0. The monoisotopic (exact) mass is 283 g/mol. The molecule has 0 saturated carbocycles. The van der Waals surface area contributed by atoms with Gasteiger partial charge in [-0.05, 0) is 49.7 Å². The Hall–Kier alpha value is -2.62. The lowest BCUT2D eigenvalue weighted by molar-refractivity contribution is 0.101. The number of benzene rings is 2. The van der Waals surface area contributed by atoms with Gasteiger partial charge in [-0.15, -0.1) is 0 Å². The predicted molar refractivity (Wildman–Crippen MR) is 82.1 cm³/mol. The maximum atomic E-state index is 12.3. The summed E-state index contributed by atoms with van der Waals surface area (Å²) in [5, 5.41) is 2.80. The summed E-state index contributed by atoms with van der Waals surface area (Å²) in [6.45, 7) is 3.39. The summed E-state index contributed by atoms with van der Waals surface area (Å²) in [6.07, 6.45) is 0. The fourth-order valence-electron chi connectivity index (χ4n) is 2.09. The molecule has 1 amide bonds. The van der Waals surface area contributed by atoms with Gasteiger partial charge in [0, 0.05) is 11.3 Å². The van der Waals surface area contributed by atoms with E-state index in [1.54, 1.807) is 37.4 Å². The van der Waals surface area contributed by atoms with Crippen LogP contribution in [0.1, 0.15) is 33.2 Å². The number of amides is 1. The predicted octanol–water partition coefficient (Wildman–Crippen LogP) is 3.46. The van der Waals surface area contributed by atoms with Gasteiger partial charge in [-0.1, -0.05) is 12.1 Å². The fraction of sp³-hybridized carbons (Fsp3) is 0.176. The van der Waals surface area contributed by atoms with Gasteiger partial charge < -0.3 is 10.1 Å². The second-order valence-corrected chi connectivity index (χ2v) is 4.74. The van der Waals surface area contributed by atoms with Gasteiger partial charge in [0.1, 0.15) is 5.75 Å². The Kier molecular flexibility index (Phi) is 4.38. The van der Waals surface area contributed by atoms with Crippen LogP contribution in [0.5, 0.6) is 5.75 Å². The van der Waals surface area contributed by atoms with Gasteiger partial charge in [0.15, 0.2) is 5.78 Å². The van der Waals surface area contributed by atoms with E-state index in [0.717, 1.165) is 5.56 Å². The number of ketones is 1. The van der Waals surface area contributed by atoms with Crippen LogP contribution in [0.15, 0.2) is 42.5 Å². The summed E-state index contributed by atoms with van der Waals surface area (Å²) in [6, 6.07) is 12.2. The van der Waals surface area contributed by atoms with Crippen molar-refractivity contribution in [3.05, 3.63) is 59.2 Å². The molecule has 0 fully saturated rings. The van der Waals surface area contributed by atoms with Gasteiger partial charge >= 0.3 is 0 Å². The number of rotatable bonds is 4. The molecule has 0 atom stereocenters. The van der Waals surface area contributed by atoms with Crippen LogP contribution in [-0.2, 0) is 0 Å². The van der Waals surface area contributed by atoms with Gasteiger partial charge in [-0.25, -0.2) is 0 Å². The average molecular weight is 283 g/mol. The first-order valence-corrected chi connectivity index (χ1v) is 6.59. The van der Waals surface area contributed by atoms with E-state index in [1.165, 1.54) is 6.92 Å². The van der Waals surface area contributed by atoms with Crippen LogP contribution >= 0.6 is 0 Å². The number of carbonyl (C=O) groups is 2. The Bertz CT molecular complexity index is 675. The average Bonchev–Trinajstić information content (AvgIpc) is 2.47.